The summed E-state index contributed by atoms with van der Waals surface area (Å²) >= 11 is 0. The van der Waals surface area contributed by atoms with Crippen LogP contribution in [0.15, 0.2) is 54.6 Å². The second kappa shape index (κ2) is 8.67. The molecule has 1 aliphatic heterocycles. The largest absolute Gasteiger partial charge is 0.349 e. The molecule has 1 amide bonds. The van der Waals surface area contributed by atoms with Gasteiger partial charge in [-0.25, -0.2) is 12.7 Å². The zero-order valence-corrected chi connectivity index (χ0v) is 17.4. The Kier molecular flexibility index (Phi) is 6.01. The summed E-state index contributed by atoms with van der Waals surface area (Å²) in [5.41, 5.74) is 3.35. The Morgan fingerprint density at radius 1 is 0.966 bits per heavy atom. The highest BCUT2D eigenvalue weighted by molar-refractivity contribution is 7.88. The number of piperidine rings is 1. The van der Waals surface area contributed by atoms with Crippen LogP contribution in [0.1, 0.15) is 48.4 Å². The fourth-order valence-electron chi connectivity index (χ4n) is 4.47. The zero-order valence-electron chi connectivity index (χ0n) is 16.6. The molecule has 1 unspecified atom stereocenters. The van der Waals surface area contributed by atoms with E-state index in [1.54, 1.807) is 4.31 Å². The van der Waals surface area contributed by atoms with Crippen LogP contribution in [0.2, 0.25) is 0 Å². The van der Waals surface area contributed by atoms with Crippen LogP contribution in [0.5, 0.6) is 0 Å². The molecule has 1 aliphatic carbocycles. The summed E-state index contributed by atoms with van der Waals surface area (Å²) in [6.45, 7) is 0.822. The summed E-state index contributed by atoms with van der Waals surface area (Å²) in [5, 5.41) is 3.23. The number of sulfonamides is 1. The van der Waals surface area contributed by atoms with Gasteiger partial charge in [0.1, 0.15) is 0 Å². The summed E-state index contributed by atoms with van der Waals surface area (Å²) in [7, 11) is -3.35. The quantitative estimate of drug-likeness (QED) is 0.818. The van der Waals surface area contributed by atoms with E-state index in [2.05, 4.69) is 23.5 Å². The van der Waals surface area contributed by atoms with Gasteiger partial charge in [0.25, 0.3) is 0 Å². The van der Waals surface area contributed by atoms with E-state index in [1.165, 1.54) is 11.1 Å². The average molecular weight is 413 g/mol. The first-order valence-electron chi connectivity index (χ1n) is 10.4. The molecule has 5 nitrogen and oxygen atoms in total. The molecule has 0 bridgehead atoms. The highest BCUT2D eigenvalue weighted by Crippen LogP contribution is 2.30. The lowest BCUT2D eigenvalue weighted by atomic mass is 9.87. The van der Waals surface area contributed by atoms with Gasteiger partial charge >= 0.3 is 0 Å². The molecule has 0 spiro atoms. The Bertz CT molecular complexity index is 951. The molecule has 2 aromatic rings. The summed E-state index contributed by atoms with van der Waals surface area (Å²) in [4.78, 5) is 12.8. The van der Waals surface area contributed by atoms with Crippen LogP contribution in [-0.2, 0) is 27.0 Å². The third-order valence-electron chi connectivity index (χ3n) is 6.10. The molecule has 4 rings (SSSR count). The van der Waals surface area contributed by atoms with E-state index in [0.717, 1.165) is 24.8 Å². The molecule has 0 aromatic heterocycles. The van der Waals surface area contributed by atoms with Gasteiger partial charge in [-0.3, -0.25) is 4.79 Å². The van der Waals surface area contributed by atoms with E-state index < -0.39 is 10.0 Å². The van der Waals surface area contributed by atoms with E-state index in [9.17, 15) is 13.2 Å². The van der Waals surface area contributed by atoms with Gasteiger partial charge in [0.15, 0.2) is 0 Å². The smallest absolute Gasteiger partial charge is 0.223 e. The van der Waals surface area contributed by atoms with Crippen molar-refractivity contribution < 1.29 is 13.2 Å². The Morgan fingerprint density at radius 3 is 2.41 bits per heavy atom. The van der Waals surface area contributed by atoms with Gasteiger partial charge in [0, 0.05) is 19.0 Å². The lowest BCUT2D eigenvalue weighted by Crippen LogP contribution is -2.44. The van der Waals surface area contributed by atoms with Crippen molar-refractivity contribution in [2.24, 2.45) is 5.92 Å². The van der Waals surface area contributed by atoms with E-state index in [0.29, 0.717) is 25.9 Å². The predicted molar refractivity (Wildman–Crippen MR) is 114 cm³/mol. The van der Waals surface area contributed by atoms with E-state index >= 15 is 0 Å². The monoisotopic (exact) mass is 412 g/mol. The molecule has 1 fully saturated rings. The molecule has 1 saturated heterocycles. The number of amides is 1. The zero-order chi connectivity index (χ0) is 20.3. The molecular weight excluding hydrogens is 384 g/mol. The Morgan fingerprint density at radius 2 is 1.66 bits per heavy atom. The van der Waals surface area contributed by atoms with Crippen molar-refractivity contribution in [2.45, 2.75) is 43.9 Å². The van der Waals surface area contributed by atoms with E-state index in [1.807, 2.05) is 36.4 Å². The third kappa shape index (κ3) is 4.70. The number of aryl methyl sites for hydroxylation is 1. The van der Waals surface area contributed by atoms with Crippen LogP contribution in [-0.4, -0.2) is 31.7 Å². The number of nitrogens with one attached hydrogen (secondary N) is 1. The third-order valence-corrected chi connectivity index (χ3v) is 7.95. The maximum Gasteiger partial charge on any atom is 0.223 e. The number of carbonyl (C=O) groups is 1. The molecular formula is C23H28N2O3S. The fourth-order valence-corrected chi connectivity index (χ4v) is 6.03. The van der Waals surface area contributed by atoms with Crippen molar-refractivity contribution in [2.75, 3.05) is 13.1 Å². The molecule has 1 atom stereocenters. The SMILES string of the molecule is O=C(NC1CCCc2ccccc21)C1CCN(S(=O)(=O)Cc2ccccc2)CC1. The van der Waals surface area contributed by atoms with Crippen molar-refractivity contribution >= 4 is 15.9 Å². The summed E-state index contributed by atoms with van der Waals surface area (Å²) in [6, 6.07) is 17.7. The Labute approximate surface area is 173 Å². The van der Waals surface area contributed by atoms with E-state index in [4.69, 9.17) is 0 Å². The maximum atomic E-state index is 12.8. The molecule has 154 valence electrons. The molecule has 1 heterocycles. The number of benzene rings is 2. The first-order chi connectivity index (χ1) is 14.0. The first kappa shape index (κ1) is 20.1. The van der Waals surface area contributed by atoms with Crippen LogP contribution in [0, 0.1) is 5.92 Å². The highest BCUT2D eigenvalue weighted by atomic mass is 32.2. The first-order valence-corrected chi connectivity index (χ1v) is 12.0. The summed E-state index contributed by atoms with van der Waals surface area (Å²) in [5.74, 6) is -0.0390. The second-order valence-corrected chi connectivity index (χ2v) is 10.0. The highest BCUT2D eigenvalue weighted by Gasteiger charge is 2.32. The average Bonchev–Trinajstić information content (AvgIpc) is 2.74. The van der Waals surface area contributed by atoms with Crippen molar-refractivity contribution in [1.82, 2.24) is 9.62 Å². The Hall–Kier alpha value is -2.18. The van der Waals surface area contributed by atoms with Gasteiger partial charge in [-0.05, 0) is 48.8 Å². The second-order valence-electron chi connectivity index (χ2n) is 8.07. The normalized spacial score (nSPS) is 20.8. The maximum absolute atomic E-state index is 12.8. The van der Waals surface area contributed by atoms with Gasteiger partial charge in [-0.15, -0.1) is 0 Å². The fraction of sp³-hybridized carbons (Fsp3) is 0.435. The molecule has 29 heavy (non-hydrogen) atoms. The minimum absolute atomic E-state index is 0.0174. The summed E-state index contributed by atoms with van der Waals surface area (Å²) < 4.78 is 27.0. The molecule has 1 N–H and O–H groups in total. The van der Waals surface area contributed by atoms with Gasteiger partial charge in [0.05, 0.1) is 11.8 Å². The lowest BCUT2D eigenvalue weighted by molar-refractivity contribution is -0.127. The number of carbonyl (C=O) groups excluding carboxylic acids is 1. The molecule has 6 heteroatoms. The van der Waals surface area contributed by atoms with Crippen molar-refractivity contribution in [3.05, 3.63) is 71.3 Å². The molecule has 2 aromatic carbocycles. The minimum Gasteiger partial charge on any atom is -0.349 e. The van der Waals surface area contributed by atoms with Crippen molar-refractivity contribution in [3.63, 3.8) is 0 Å². The van der Waals surface area contributed by atoms with Gasteiger partial charge < -0.3 is 5.32 Å². The van der Waals surface area contributed by atoms with E-state index in [-0.39, 0.29) is 23.6 Å². The van der Waals surface area contributed by atoms with Crippen LogP contribution < -0.4 is 5.32 Å². The van der Waals surface area contributed by atoms with Gasteiger partial charge in [-0.1, -0.05) is 54.6 Å². The standard InChI is InChI=1S/C23H28N2O3S/c26-23(24-22-12-6-10-19-9-4-5-11-21(19)22)20-13-15-25(16-14-20)29(27,28)17-18-7-2-1-3-8-18/h1-5,7-9,11,20,22H,6,10,12-17H2,(H,24,26). The lowest BCUT2D eigenvalue weighted by Gasteiger charge is -2.32. The van der Waals surface area contributed by atoms with Crippen LogP contribution in [0.25, 0.3) is 0 Å². The van der Waals surface area contributed by atoms with Crippen LogP contribution in [0.4, 0.5) is 0 Å². The number of rotatable bonds is 5. The molecule has 0 saturated carbocycles. The number of hydrogen-bond donors (Lipinski definition) is 1. The van der Waals surface area contributed by atoms with Crippen LogP contribution >= 0.6 is 0 Å². The van der Waals surface area contributed by atoms with Gasteiger partial charge in [-0.2, -0.15) is 0 Å². The number of nitrogens with zero attached hydrogens (tertiary/aromatic N) is 1. The minimum atomic E-state index is -3.35. The van der Waals surface area contributed by atoms with Crippen molar-refractivity contribution in [3.8, 4) is 0 Å². The molecule has 0 radical (unpaired) electrons. The topological polar surface area (TPSA) is 66.5 Å². The number of fused-ring (bicyclic) bond motifs is 1. The van der Waals surface area contributed by atoms with Gasteiger partial charge in [0.2, 0.25) is 15.9 Å². The van der Waals surface area contributed by atoms with Crippen molar-refractivity contribution in [1.29, 1.82) is 0 Å². The van der Waals surface area contributed by atoms with Crippen LogP contribution in [0.3, 0.4) is 0 Å². The predicted octanol–water partition coefficient (Wildman–Crippen LogP) is 3.42. The number of hydrogen-bond acceptors (Lipinski definition) is 3. The summed E-state index contributed by atoms with van der Waals surface area (Å²) in [6.07, 6.45) is 4.27. The Balaban J connectivity index is 1.33. The molecule has 2 aliphatic rings.